The third-order valence-corrected chi connectivity index (χ3v) is 5.93. The molecule has 1 heterocycles. The molecule has 2 fully saturated rings. The summed E-state index contributed by atoms with van der Waals surface area (Å²) >= 11 is 11.4. The van der Waals surface area contributed by atoms with E-state index in [1.54, 1.807) is 4.90 Å². The van der Waals surface area contributed by atoms with Crippen molar-refractivity contribution in [1.29, 1.82) is 0 Å². The highest BCUT2D eigenvalue weighted by Crippen LogP contribution is 2.28. The van der Waals surface area contributed by atoms with Gasteiger partial charge >= 0.3 is 0 Å². The number of amides is 1. The lowest BCUT2D eigenvalue weighted by Crippen LogP contribution is -2.41. The molecule has 0 atom stereocenters. The molecule has 0 radical (unpaired) electrons. The van der Waals surface area contributed by atoms with Gasteiger partial charge in [-0.3, -0.25) is 9.69 Å². The number of rotatable bonds is 5. The fraction of sp³-hybridized carbons (Fsp3) is 0.304. The van der Waals surface area contributed by atoms with E-state index in [2.05, 4.69) is 5.32 Å². The van der Waals surface area contributed by atoms with Crippen LogP contribution in [0.3, 0.4) is 0 Å². The van der Waals surface area contributed by atoms with Crippen molar-refractivity contribution in [2.45, 2.75) is 44.8 Å². The molecule has 1 N–H and O–H groups in total. The SMILES string of the molecule is O=C1/C(=C\c2ccccc2OCc2ccc(Cl)cc2)NC(=S)N1C1CCCCC1. The maximum atomic E-state index is 13.0. The molecule has 1 aliphatic heterocycles. The number of nitrogens with zero attached hydrogens (tertiary/aromatic N) is 1. The van der Waals surface area contributed by atoms with E-state index in [1.807, 2.05) is 54.6 Å². The minimum Gasteiger partial charge on any atom is -0.488 e. The van der Waals surface area contributed by atoms with E-state index >= 15 is 0 Å². The lowest BCUT2D eigenvalue weighted by atomic mass is 9.94. The standard InChI is InChI=1S/C23H23ClN2O2S/c24-18-12-10-16(11-13-18)15-28-21-9-5-4-6-17(21)14-20-22(27)26(23(29)25-20)19-7-2-1-3-8-19/h4-6,9-14,19H,1-3,7-8,15H2,(H,25,29)/b20-14+. The zero-order valence-electron chi connectivity index (χ0n) is 16.1. The summed E-state index contributed by atoms with van der Waals surface area (Å²) in [5, 5.41) is 4.31. The van der Waals surface area contributed by atoms with Crippen LogP contribution in [0.25, 0.3) is 6.08 Å². The summed E-state index contributed by atoms with van der Waals surface area (Å²) in [6, 6.07) is 15.5. The van der Waals surface area contributed by atoms with Crippen LogP contribution in [0.2, 0.25) is 5.02 Å². The molecule has 150 valence electrons. The summed E-state index contributed by atoms with van der Waals surface area (Å²) < 4.78 is 6.01. The third-order valence-electron chi connectivity index (χ3n) is 5.38. The van der Waals surface area contributed by atoms with Crippen LogP contribution in [0.5, 0.6) is 5.75 Å². The Morgan fingerprint density at radius 3 is 2.59 bits per heavy atom. The maximum absolute atomic E-state index is 13.0. The van der Waals surface area contributed by atoms with Gasteiger partial charge in [-0.2, -0.15) is 0 Å². The molecule has 0 aromatic heterocycles. The second-order valence-corrected chi connectivity index (χ2v) is 8.23. The van der Waals surface area contributed by atoms with Gasteiger partial charge < -0.3 is 10.1 Å². The molecule has 1 saturated carbocycles. The Morgan fingerprint density at radius 1 is 1.10 bits per heavy atom. The van der Waals surface area contributed by atoms with Gasteiger partial charge in [0.2, 0.25) is 0 Å². The van der Waals surface area contributed by atoms with Crippen molar-refractivity contribution < 1.29 is 9.53 Å². The maximum Gasteiger partial charge on any atom is 0.276 e. The molecule has 4 nitrogen and oxygen atoms in total. The molecule has 4 rings (SSSR count). The summed E-state index contributed by atoms with van der Waals surface area (Å²) in [7, 11) is 0. The van der Waals surface area contributed by atoms with E-state index < -0.39 is 0 Å². The molecule has 2 aromatic rings. The summed E-state index contributed by atoms with van der Waals surface area (Å²) in [6.07, 6.45) is 7.40. The number of halogens is 1. The Bertz CT molecular complexity index is 936. The van der Waals surface area contributed by atoms with Crippen LogP contribution in [-0.2, 0) is 11.4 Å². The number of para-hydroxylation sites is 1. The zero-order valence-corrected chi connectivity index (χ0v) is 17.6. The van der Waals surface area contributed by atoms with E-state index in [-0.39, 0.29) is 11.9 Å². The zero-order chi connectivity index (χ0) is 20.2. The number of carbonyl (C=O) groups excluding carboxylic acids is 1. The molecule has 1 aliphatic carbocycles. The van der Waals surface area contributed by atoms with Gasteiger partial charge in [-0.15, -0.1) is 0 Å². The molecule has 2 aliphatic rings. The molecule has 6 heteroatoms. The number of hydrogen-bond acceptors (Lipinski definition) is 3. The second-order valence-electron chi connectivity index (χ2n) is 7.41. The molecule has 0 spiro atoms. The van der Waals surface area contributed by atoms with Crippen molar-refractivity contribution in [3.8, 4) is 5.75 Å². The summed E-state index contributed by atoms with van der Waals surface area (Å²) in [4.78, 5) is 14.8. The van der Waals surface area contributed by atoms with Crippen LogP contribution in [0.1, 0.15) is 43.2 Å². The van der Waals surface area contributed by atoms with E-state index in [0.717, 1.165) is 36.8 Å². The minimum atomic E-state index is -0.0468. The van der Waals surface area contributed by atoms with Gasteiger partial charge in [-0.05, 0) is 54.9 Å². The number of hydrogen-bond donors (Lipinski definition) is 1. The van der Waals surface area contributed by atoms with Gasteiger partial charge in [0.15, 0.2) is 5.11 Å². The topological polar surface area (TPSA) is 41.6 Å². The molecule has 0 unspecified atom stereocenters. The highest BCUT2D eigenvalue weighted by Gasteiger charge is 2.36. The van der Waals surface area contributed by atoms with Gasteiger partial charge in [-0.1, -0.05) is 61.2 Å². The van der Waals surface area contributed by atoms with Gasteiger partial charge in [-0.25, -0.2) is 0 Å². The van der Waals surface area contributed by atoms with Crippen molar-refractivity contribution in [2.75, 3.05) is 0 Å². The Morgan fingerprint density at radius 2 is 1.83 bits per heavy atom. The first-order valence-corrected chi connectivity index (χ1v) is 10.7. The van der Waals surface area contributed by atoms with E-state index in [4.69, 9.17) is 28.6 Å². The van der Waals surface area contributed by atoms with E-state index in [0.29, 0.717) is 28.2 Å². The predicted octanol–water partition coefficient (Wildman–Crippen LogP) is 5.31. The van der Waals surface area contributed by atoms with Crippen molar-refractivity contribution in [2.24, 2.45) is 0 Å². The van der Waals surface area contributed by atoms with Gasteiger partial charge in [0.1, 0.15) is 18.1 Å². The van der Waals surface area contributed by atoms with Crippen molar-refractivity contribution in [3.63, 3.8) is 0 Å². The van der Waals surface area contributed by atoms with Crippen LogP contribution in [0, 0.1) is 0 Å². The van der Waals surface area contributed by atoms with Crippen molar-refractivity contribution in [1.82, 2.24) is 10.2 Å². The normalized spacial score (nSPS) is 18.9. The lowest BCUT2D eigenvalue weighted by Gasteiger charge is -2.29. The van der Waals surface area contributed by atoms with Gasteiger partial charge in [0.05, 0.1) is 0 Å². The molecule has 1 amide bonds. The third kappa shape index (κ3) is 4.62. The monoisotopic (exact) mass is 426 g/mol. The smallest absolute Gasteiger partial charge is 0.276 e. The fourth-order valence-corrected chi connectivity index (χ4v) is 4.32. The Hall–Kier alpha value is -2.37. The summed E-state index contributed by atoms with van der Waals surface area (Å²) in [5.74, 6) is 0.668. The molecule has 29 heavy (non-hydrogen) atoms. The Balaban J connectivity index is 1.51. The predicted molar refractivity (Wildman–Crippen MR) is 120 cm³/mol. The van der Waals surface area contributed by atoms with Gasteiger partial charge in [0, 0.05) is 16.6 Å². The number of nitrogens with one attached hydrogen (secondary N) is 1. The first-order chi connectivity index (χ1) is 14.1. The molecule has 0 bridgehead atoms. The highest BCUT2D eigenvalue weighted by molar-refractivity contribution is 7.80. The number of ether oxygens (including phenoxy) is 1. The largest absolute Gasteiger partial charge is 0.488 e. The van der Waals surface area contributed by atoms with E-state index in [9.17, 15) is 4.79 Å². The minimum absolute atomic E-state index is 0.0468. The van der Waals surface area contributed by atoms with Crippen LogP contribution in [-0.4, -0.2) is 22.0 Å². The second kappa shape index (κ2) is 8.97. The number of benzene rings is 2. The Kier molecular flexibility index (Phi) is 6.16. The van der Waals surface area contributed by atoms with Crippen LogP contribution in [0.15, 0.2) is 54.2 Å². The number of thiocarbonyl (C=S) groups is 1. The van der Waals surface area contributed by atoms with Crippen LogP contribution < -0.4 is 10.1 Å². The molecular formula is C23H23ClN2O2S. The van der Waals surface area contributed by atoms with E-state index in [1.165, 1.54) is 6.42 Å². The average Bonchev–Trinajstić information content (AvgIpc) is 3.02. The average molecular weight is 427 g/mol. The molecule has 2 aromatic carbocycles. The Labute approximate surface area is 181 Å². The number of carbonyl (C=O) groups is 1. The van der Waals surface area contributed by atoms with Crippen molar-refractivity contribution in [3.05, 3.63) is 70.4 Å². The first-order valence-electron chi connectivity index (χ1n) is 9.94. The quantitative estimate of drug-likeness (QED) is 0.519. The van der Waals surface area contributed by atoms with Crippen LogP contribution in [0.4, 0.5) is 0 Å². The lowest BCUT2D eigenvalue weighted by molar-refractivity contribution is -0.124. The molecular weight excluding hydrogens is 404 g/mol. The highest BCUT2D eigenvalue weighted by atomic mass is 35.5. The summed E-state index contributed by atoms with van der Waals surface area (Å²) in [6.45, 7) is 0.422. The summed E-state index contributed by atoms with van der Waals surface area (Å²) in [5.41, 5.74) is 2.37. The van der Waals surface area contributed by atoms with Crippen LogP contribution >= 0.6 is 23.8 Å². The fourth-order valence-electron chi connectivity index (χ4n) is 3.85. The molecule has 1 saturated heterocycles. The van der Waals surface area contributed by atoms with Gasteiger partial charge in [0.25, 0.3) is 5.91 Å². The first kappa shape index (κ1) is 19.9. The van der Waals surface area contributed by atoms with Crippen molar-refractivity contribution >= 4 is 40.9 Å².